The monoisotopic (exact) mass is 171 g/mol. The van der Waals surface area contributed by atoms with E-state index in [0.717, 1.165) is 0 Å². The van der Waals surface area contributed by atoms with Crippen molar-refractivity contribution in [2.75, 3.05) is 0 Å². The van der Waals surface area contributed by atoms with Crippen molar-refractivity contribution in [3.05, 3.63) is 30.3 Å². The molecule has 1 aromatic rings. The molecule has 0 saturated carbocycles. The summed E-state index contributed by atoms with van der Waals surface area (Å²) in [6, 6.07) is 8.75. The summed E-state index contributed by atoms with van der Waals surface area (Å²) in [5.41, 5.74) is 1.22. The number of ether oxygens (including phenoxy) is 1. The van der Waals surface area contributed by atoms with Gasteiger partial charge in [0.25, 0.3) is 5.17 Å². The van der Waals surface area contributed by atoms with Gasteiger partial charge in [-0.25, -0.2) is 0 Å². The maximum Gasteiger partial charge on any atom is 0.290 e. The topological polar surface area (TPSA) is 21.3 Å². The van der Waals surface area contributed by atoms with Crippen LogP contribution in [0, 0.1) is 0 Å². The first kappa shape index (κ1) is 7.94. The molecule has 0 aromatic heterocycles. The van der Waals surface area contributed by atoms with E-state index < -0.39 is 0 Å². The number of hydrogen-bond acceptors (Lipinski definition) is 2. The summed E-state index contributed by atoms with van der Waals surface area (Å²) in [6.07, 6.45) is 0. The molecule has 0 fully saturated rings. The van der Waals surface area contributed by atoms with E-state index in [1.165, 1.54) is 5.54 Å². The third-order valence-electron chi connectivity index (χ3n) is 1.03. The highest BCUT2D eigenvalue weighted by molar-refractivity contribution is 7.80. The molecular formula is C7H6FNOS. The number of rotatable bonds is 1. The van der Waals surface area contributed by atoms with Gasteiger partial charge in [-0.2, -0.15) is 5.54 Å². The molecule has 11 heavy (non-hydrogen) atoms. The third-order valence-corrected chi connectivity index (χ3v) is 1.19. The molecule has 0 atom stereocenters. The highest BCUT2D eigenvalue weighted by Gasteiger charge is 1.95. The zero-order valence-corrected chi connectivity index (χ0v) is 6.40. The first-order valence-electron chi connectivity index (χ1n) is 2.96. The Kier molecular flexibility index (Phi) is 2.80. The van der Waals surface area contributed by atoms with Crippen LogP contribution in [-0.2, 0) is 0 Å². The Morgan fingerprint density at radius 3 is 2.55 bits per heavy atom. The SMILES string of the molecule is FNC(=S)Oc1ccccc1. The van der Waals surface area contributed by atoms with Gasteiger partial charge in [0.05, 0.1) is 0 Å². The zero-order valence-electron chi connectivity index (χ0n) is 5.58. The maximum atomic E-state index is 11.6. The van der Waals surface area contributed by atoms with E-state index in [-0.39, 0.29) is 5.17 Å². The van der Waals surface area contributed by atoms with Gasteiger partial charge in [0.1, 0.15) is 5.75 Å². The zero-order chi connectivity index (χ0) is 8.10. The van der Waals surface area contributed by atoms with Gasteiger partial charge in [0.15, 0.2) is 0 Å². The van der Waals surface area contributed by atoms with Crippen molar-refractivity contribution in [2.45, 2.75) is 0 Å². The number of halogens is 1. The summed E-state index contributed by atoms with van der Waals surface area (Å²) in [6.45, 7) is 0. The van der Waals surface area contributed by atoms with Crippen LogP contribution in [-0.4, -0.2) is 5.17 Å². The second-order valence-corrected chi connectivity index (χ2v) is 2.17. The largest absolute Gasteiger partial charge is 0.430 e. The van der Waals surface area contributed by atoms with Gasteiger partial charge in [0.2, 0.25) is 0 Å². The van der Waals surface area contributed by atoms with Gasteiger partial charge in [-0.15, -0.1) is 0 Å². The van der Waals surface area contributed by atoms with Gasteiger partial charge in [-0.3, -0.25) is 0 Å². The quantitative estimate of drug-likeness (QED) is 0.514. The number of benzene rings is 1. The van der Waals surface area contributed by atoms with Crippen LogP contribution in [0.1, 0.15) is 0 Å². The fraction of sp³-hybridized carbons (Fsp3) is 0. The molecule has 0 heterocycles. The summed E-state index contributed by atoms with van der Waals surface area (Å²) >= 11 is 4.43. The lowest BCUT2D eigenvalue weighted by Gasteiger charge is -2.01. The normalized spacial score (nSPS) is 8.82. The average Bonchev–Trinajstić information content (AvgIpc) is 2.06. The van der Waals surface area contributed by atoms with Gasteiger partial charge in [-0.1, -0.05) is 22.7 Å². The molecule has 1 rings (SSSR count). The van der Waals surface area contributed by atoms with Crippen molar-refractivity contribution in [3.8, 4) is 5.75 Å². The van der Waals surface area contributed by atoms with Crippen LogP contribution in [0.15, 0.2) is 30.3 Å². The Bertz CT molecular complexity index is 239. The predicted octanol–water partition coefficient (Wildman–Crippen LogP) is 1.82. The minimum Gasteiger partial charge on any atom is -0.430 e. The lowest BCUT2D eigenvalue weighted by molar-refractivity contribution is 0.382. The number of thiocarbonyl (C=S) groups is 1. The molecule has 4 heteroatoms. The molecule has 0 spiro atoms. The fourth-order valence-corrected chi connectivity index (χ4v) is 0.711. The van der Waals surface area contributed by atoms with Crippen LogP contribution in [0.2, 0.25) is 0 Å². The second-order valence-electron chi connectivity index (χ2n) is 1.80. The van der Waals surface area contributed by atoms with Gasteiger partial charge < -0.3 is 4.74 Å². The molecule has 0 unspecified atom stereocenters. The van der Waals surface area contributed by atoms with E-state index in [2.05, 4.69) is 12.2 Å². The fourth-order valence-electron chi connectivity index (χ4n) is 0.615. The van der Waals surface area contributed by atoms with Crippen LogP contribution in [0.5, 0.6) is 5.75 Å². The first-order chi connectivity index (χ1) is 5.33. The molecule has 0 bridgehead atoms. The van der Waals surface area contributed by atoms with Crippen molar-refractivity contribution in [1.82, 2.24) is 5.54 Å². The maximum absolute atomic E-state index is 11.6. The standard InChI is InChI=1S/C7H6FNOS/c8-9-7(11)10-6-4-2-1-3-5-6/h1-5H,(H,9,11). The Morgan fingerprint density at radius 1 is 1.36 bits per heavy atom. The molecule has 58 valence electrons. The number of nitrogens with one attached hydrogen (secondary N) is 1. The molecule has 0 aliphatic heterocycles. The summed E-state index contributed by atoms with van der Waals surface area (Å²) in [4.78, 5) is 0. The molecule has 0 aliphatic carbocycles. The molecule has 0 amide bonds. The predicted molar refractivity (Wildman–Crippen MR) is 43.9 cm³/mol. The van der Waals surface area contributed by atoms with E-state index >= 15 is 0 Å². The molecule has 1 N–H and O–H groups in total. The van der Waals surface area contributed by atoms with Crippen molar-refractivity contribution >= 4 is 17.4 Å². The Balaban J connectivity index is 2.58. The van der Waals surface area contributed by atoms with E-state index in [0.29, 0.717) is 5.75 Å². The lowest BCUT2D eigenvalue weighted by atomic mass is 10.3. The minimum atomic E-state index is -0.281. The van der Waals surface area contributed by atoms with E-state index in [4.69, 9.17) is 4.74 Å². The van der Waals surface area contributed by atoms with Gasteiger partial charge >= 0.3 is 0 Å². The molecule has 0 radical (unpaired) electrons. The second kappa shape index (κ2) is 3.88. The van der Waals surface area contributed by atoms with Crippen LogP contribution < -0.4 is 10.3 Å². The lowest BCUT2D eigenvalue weighted by Crippen LogP contribution is -2.17. The third kappa shape index (κ3) is 2.51. The molecule has 0 aliphatic rings. The summed E-state index contributed by atoms with van der Waals surface area (Å²) in [5.74, 6) is 0.516. The highest BCUT2D eigenvalue weighted by Crippen LogP contribution is 2.07. The number of hydrogen-bond donors (Lipinski definition) is 1. The Morgan fingerprint density at radius 2 is 2.00 bits per heavy atom. The van der Waals surface area contributed by atoms with Crippen LogP contribution in [0.25, 0.3) is 0 Å². The van der Waals surface area contributed by atoms with Gasteiger partial charge in [0, 0.05) is 0 Å². The van der Waals surface area contributed by atoms with Crippen molar-refractivity contribution in [2.24, 2.45) is 0 Å². The number of para-hydroxylation sites is 1. The average molecular weight is 171 g/mol. The molecule has 0 saturated heterocycles. The van der Waals surface area contributed by atoms with Crippen LogP contribution in [0.3, 0.4) is 0 Å². The van der Waals surface area contributed by atoms with Crippen LogP contribution in [0.4, 0.5) is 4.48 Å². The molecular weight excluding hydrogens is 165 g/mol. The summed E-state index contributed by atoms with van der Waals surface area (Å²) in [7, 11) is 0. The highest BCUT2D eigenvalue weighted by atomic mass is 32.1. The Hall–Kier alpha value is -1.16. The van der Waals surface area contributed by atoms with Gasteiger partial charge in [-0.05, 0) is 24.4 Å². The summed E-state index contributed by atoms with van der Waals surface area (Å²) < 4.78 is 16.4. The molecule has 2 nitrogen and oxygen atoms in total. The van der Waals surface area contributed by atoms with Crippen molar-refractivity contribution < 1.29 is 9.22 Å². The van der Waals surface area contributed by atoms with E-state index in [1.807, 2.05) is 6.07 Å². The Labute approximate surface area is 68.9 Å². The van der Waals surface area contributed by atoms with E-state index in [9.17, 15) is 4.48 Å². The van der Waals surface area contributed by atoms with E-state index in [1.54, 1.807) is 24.3 Å². The van der Waals surface area contributed by atoms with Crippen LogP contribution >= 0.6 is 12.2 Å². The smallest absolute Gasteiger partial charge is 0.290 e. The minimum absolute atomic E-state index is 0.281. The molecule has 1 aromatic carbocycles. The van der Waals surface area contributed by atoms with Crippen molar-refractivity contribution in [1.29, 1.82) is 0 Å². The first-order valence-corrected chi connectivity index (χ1v) is 3.37. The summed E-state index contributed by atoms with van der Waals surface area (Å²) in [5, 5.41) is -0.281. The van der Waals surface area contributed by atoms with Crippen molar-refractivity contribution in [3.63, 3.8) is 0 Å².